The van der Waals surface area contributed by atoms with E-state index in [1.807, 2.05) is 12.1 Å². The maximum atomic E-state index is 5.16. The molecule has 0 aliphatic rings. The molecular weight excluding hydrogens is 208 g/mol. The minimum absolute atomic E-state index is 0.899. The van der Waals surface area contributed by atoms with Crippen molar-refractivity contribution in [2.45, 2.75) is 19.8 Å². The second-order valence-corrected chi connectivity index (χ2v) is 4.18. The zero-order valence-electron chi connectivity index (χ0n) is 10.4. The fourth-order valence-corrected chi connectivity index (χ4v) is 1.94. The quantitative estimate of drug-likeness (QED) is 0.754. The first kappa shape index (κ1) is 11.7. The molecule has 0 saturated carbocycles. The molecule has 0 atom stereocenters. The maximum Gasteiger partial charge on any atom is 0.118 e. The van der Waals surface area contributed by atoms with Crippen molar-refractivity contribution in [2.24, 2.45) is 0 Å². The highest BCUT2D eigenvalue weighted by Crippen LogP contribution is 2.22. The van der Waals surface area contributed by atoms with Crippen LogP contribution >= 0.6 is 0 Å². The van der Waals surface area contributed by atoms with Gasteiger partial charge in [0.1, 0.15) is 5.75 Å². The summed E-state index contributed by atoms with van der Waals surface area (Å²) in [7, 11) is 1.69. The van der Waals surface area contributed by atoms with Crippen LogP contribution in [0.3, 0.4) is 0 Å². The fraction of sp³-hybridized carbons (Fsp3) is 0.250. The molecule has 0 amide bonds. The number of ether oxygens (including phenoxy) is 1. The van der Waals surface area contributed by atoms with Crippen molar-refractivity contribution in [3.05, 3.63) is 54.1 Å². The summed E-state index contributed by atoms with van der Waals surface area (Å²) in [6.07, 6.45) is 2.35. The third-order valence-electron chi connectivity index (χ3n) is 2.92. The highest BCUT2D eigenvalue weighted by atomic mass is 16.5. The molecule has 2 aromatic rings. The van der Waals surface area contributed by atoms with Gasteiger partial charge in [-0.15, -0.1) is 0 Å². The average Bonchev–Trinajstić information content (AvgIpc) is 2.40. The molecule has 0 bridgehead atoms. The third kappa shape index (κ3) is 2.88. The lowest BCUT2D eigenvalue weighted by molar-refractivity contribution is 0.415. The van der Waals surface area contributed by atoms with E-state index in [1.165, 1.54) is 23.1 Å². The van der Waals surface area contributed by atoms with Gasteiger partial charge in [0.05, 0.1) is 7.11 Å². The molecule has 1 nitrogen and oxygen atoms in total. The summed E-state index contributed by atoms with van der Waals surface area (Å²) < 4.78 is 5.16. The van der Waals surface area contributed by atoms with Gasteiger partial charge in [-0.05, 0) is 35.2 Å². The molecule has 0 spiro atoms. The number of rotatable bonds is 4. The Kier molecular flexibility index (Phi) is 3.81. The van der Waals surface area contributed by atoms with Crippen LogP contribution in [0, 0.1) is 0 Å². The van der Waals surface area contributed by atoms with Gasteiger partial charge >= 0.3 is 0 Å². The Morgan fingerprint density at radius 1 is 0.824 bits per heavy atom. The second-order valence-electron chi connectivity index (χ2n) is 4.18. The Labute approximate surface area is 103 Å². The summed E-state index contributed by atoms with van der Waals surface area (Å²) in [4.78, 5) is 0. The van der Waals surface area contributed by atoms with Crippen LogP contribution in [0.25, 0.3) is 11.1 Å². The number of methoxy groups -OCH3 is 1. The fourth-order valence-electron chi connectivity index (χ4n) is 1.94. The molecule has 0 N–H and O–H groups in total. The lowest BCUT2D eigenvalue weighted by Gasteiger charge is -2.05. The van der Waals surface area contributed by atoms with Gasteiger partial charge in [-0.1, -0.05) is 49.7 Å². The number of hydrogen-bond donors (Lipinski definition) is 0. The van der Waals surface area contributed by atoms with E-state index in [2.05, 4.69) is 43.3 Å². The van der Waals surface area contributed by atoms with Gasteiger partial charge in [-0.2, -0.15) is 0 Å². The minimum atomic E-state index is 0.899. The van der Waals surface area contributed by atoms with Crippen LogP contribution in [0.4, 0.5) is 0 Å². The zero-order valence-corrected chi connectivity index (χ0v) is 10.4. The van der Waals surface area contributed by atoms with Crippen molar-refractivity contribution in [3.63, 3.8) is 0 Å². The van der Waals surface area contributed by atoms with Crippen LogP contribution < -0.4 is 4.74 Å². The molecule has 0 aromatic heterocycles. The van der Waals surface area contributed by atoms with Crippen molar-refractivity contribution in [3.8, 4) is 16.9 Å². The third-order valence-corrected chi connectivity index (χ3v) is 2.92. The van der Waals surface area contributed by atoms with E-state index < -0.39 is 0 Å². The molecule has 0 aliphatic carbocycles. The largest absolute Gasteiger partial charge is 0.497 e. The molecule has 2 aromatic carbocycles. The Morgan fingerprint density at radius 3 is 1.82 bits per heavy atom. The normalized spacial score (nSPS) is 10.2. The lowest BCUT2D eigenvalue weighted by Crippen LogP contribution is -1.85. The molecule has 0 radical (unpaired) electrons. The van der Waals surface area contributed by atoms with Crippen LogP contribution in [0.2, 0.25) is 0 Å². The molecule has 0 saturated heterocycles. The molecular formula is C16H18O. The SMILES string of the molecule is CCCc1ccc(-c2ccc(OC)cc2)cc1. The van der Waals surface area contributed by atoms with E-state index in [0.29, 0.717) is 0 Å². The van der Waals surface area contributed by atoms with Crippen molar-refractivity contribution in [1.82, 2.24) is 0 Å². The highest BCUT2D eigenvalue weighted by molar-refractivity contribution is 5.64. The van der Waals surface area contributed by atoms with E-state index in [-0.39, 0.29) is 0 Å². The summed E-state index contributed by atoms with van der Waals surface area (Å²) >= 11 is 0. The van der Waals surface area contributed by atoms with Gasteiger partial charge in [0.25, 0.3) is 0 Å². The van der Waals surface area contributed by atoms with Gasteiger partial charge in [0.2, 0.25) is 0 Å². The molecule has 0 fully saturated rings. The molecule has 0 heterocycles. The summed E-state index contributed by atoms with van der Waals surface area (Å²) in [6.45, 7) is 2.21. The van der Waals surface area contributed by atoms with E-state index in [9.17, 15) is 0 Å². The summed E-state index contributed by atoms with van der Waals surface area (Å²) in [5.41, 5.74) is 3.89. The van der Waals surface area contributed by atoms with Gasteiger partial charge < -0.3 is 4.74 Å². The first-order valence-corrected chi connectivity index (χ1v) is 6.07. The zero-order chi connectivity index (χ0) is 12.1. The van der Waals surface area contributed by atoms with Crippen LogP contribution in [0.1, 0.15) is 18.9 Å². The second kappa shape index (κ2) is 5.53. The Balaban J connectivity index is 2.20. The molecule has 1 heteroatoms. The smallest absolute Gasteiger partial charge is 0.118 e. The predicted octanol–water partition coefficient (Wildman–Crippen LogP) is 4.31. The summed E-state index contributed by atoms with van der Waals surface area (Å²) in [6, 6.07) is 17.0. The van der Waals surface area contributed by atoms with Gasteiger partial charge in [0, 0.05) is 0 Å². The van der Waals surface area contributed by atoms with Crippen molar-refractivity contribution >= 4 is 0 Å². The molecule has 0 aliphatic heterocycles. The highest BCUT2D eigenvalue weighted by Gasteiger charge is 1.98. The molecule has 17 heavy (non-hydrogen) atoms. The number of benzene rings is 2. The topological polar surface area (TPSA) is 9.23 Å². The molecule has 88 valence electrons. The minimum Gasteiger partial charge on any atom is -0.497 e. The van der Waals surface area contributed by atoms with Gasteiger partial charge in [-0.25, -0.2) is 0 Å². The van der Waals surface area contributed by atoms with Crippen molar-refractivity contribution < 1.29 is 4.74 Å². The average molecular weight is 226 g/mol. The predicted molar refractivity (Wildman–Crippen MR) is 72.4 cm³/mol. The lowest BCUT2D eigenvalue weighted by atomic mass is 10.0. The van der Waals surface area contributed by atoms with Crippen molar-refractivity contribution in [2.75, 3.05) is 7.11 Å². The molecule has 2 rings (SSSR count). The Morgan fingerprint density at radius 2 is 1.35 bits per heavy atom. The van der Waals surface area contributed by atoms with Gasteiger partial charge in [-0.3, -0.25) is 0 Å². The van der Waals surface area contributed by atoms with E-state index in [0.717, 1.165) is 12.2 Å². The standard InChI is InChI=1S/C16H18O/c1-3-4-13-5-7-14(8-6-13)15-9-11-16(17-2)12-10-15/h5-12H,3-4H2,1-2H3. The van der Waals surface area contributed by atoms with E-state index >= 15 is 0 Å². The van der Waals surface area contributed by atoms with Crippen LogP contribution in [0.15, 0.2) is 48.5 Å². The Bertz CT molecular complexity index is 454. The van der Waals surface area contributed by atoms with Crippen LogP contribution in [-0.4, -0.2) is 7.11 Å². The van der Waals surface area contributed by atoms with E-state index in [4.69, 9.17) is 4.74 Å². The van der Waals surface area contributed by atoms with Gasteiger partial charge in [0.15, 0.2) is 0 Å². The number of hydrogen-bond acceptors (Lipinski definition) is 1. The monoisotopic (exact) mass is 226 g/mol. The Hall–Kier alpha value is -1.76. The summed E-state index contributed by atoms with van der Waals surface area (Å²) in [5, 5.41) is 0. The van der Waals surface area contributed by atoms with Crippen LogP contribution in [0.5, 0.6) is 5.75 Å². The van der Waals surface area contributed by atoms with Crippen LogP contribution in [-0.2, 0) is 6.42 Å². The maximum absolute atomic E-state index is 5.16. The number of aryl methyl sites for hydroxylation is 1. The summed E-state index contributed by atoms with van der Waals surface area (Å²) in [5.74, 6) is 0.899. The van der Waals surface area contributed by atoms with E-state index in [1.54, 1.807) is 7.11 Å². The first-order chi connectivity index (χ1) is 8.33. The van der Waals surface area contributed by atoms with Crippen molar-refractivity contribution in [1.29, 1.82) is 0 Å². The first-order valence-electron chi connectivity index (χ1n) is 6.07. The molecule has 0 unspecified atom stereocenters.